The highest BCUT2D eigenvalue weighted by Gasteiger charge is 2.30. The molecule has 0 unspecified atom stereocenters. The van der Waals surface area contributed by atoms with Crippen molar-refractivity contribution in [2.75, 3.05) is 5.32 Å². The minimum atomic E-state index is 0.616. The first-order valence-electron chi connectivity index (χ1n) is 6.48. The van der Waals surface area contributed by atoms with Crippen LogP contribution in [0.2, 0.25) is 0 Å². The predicted octanol–water partition coefficient (Wildman–Crippen LogP) is 4.11. The summed E-state index contributed by atoms with van der Waals surface area (Å²) in [6, 6.07) is 15.0. The first kappa shape index (κ1) is 12.6. The minimum absolute atomic E-state index is 0.616. The molecular formula is C15H16N2S2. The first-order valence-corrected chi connectivity index (χ1v) is 7.77. The number of benzene rings is 1. The standard InChI is InChI=1S/C15H16N2S2/c18-15(16-12-5-2-1-3-6-12)17(13-8-9-13)11-14-7-4-10-19-14/h1-7,10,13H,8-9,11H2,(H,16,18). The molecule has 1 N–H and O–H groups in total. The van der Waals surface area contributed by atoms with E-state index in [1.165, 1.54) is 17.7 Å². The van der Waals surface area contributed by atoms with Crippen molar-refractivity contribution in [2.45, 2.75) is 25.4 Å². The molecule has 2 aromatic rings. The van der Waals surface area contributed by atoms with Gasteiger partial charge in [0.05, 0.1) is 6.54 Å². The molecule has 1 saturated carbocycles. The van der Waals surface area contributed by atoms with Crippen LogP contribution in [-0.2, 0) is 6.54 Å². The lowest BCUT2D eigenvalue weighted by molar-refractivity contribution is 0.413. The summed E-state index contributed by atoms with van der Waals surface area (Å²) in [5, 5.41) is 6.29. The van der Waals surface area contributed by atoms with Crippen LogP contribution in [0.25, 0.3) is 0 Å². The molecule has 1 fully saturated rings. The molecule has 1 aromatic heterocycles. The number of anilines is 1. The van der Waals surface area contributed by atoms with Gasteiger partial charge in [-0.2, -0.15) is 0 Å². The molecule has 2 nitrogen and oxygen atoms in total. The largest absolute Gasteiger partial charge is 0.341 e. The minimum Gasteiger partial charge on any atom is -0.341 e. The number of thiophene rings is 1. The maximum absolute atomic E-state index is 5.57. The molecule has 1 aliphatic rings. The Labute approximate surface area is 123 Å². The monoisotopic (exact) mass is 288 g/mol. The highest BCUT2D eigenvalue weighted by Crippen LogP contribution is 2.29. The van der Waals surface area contributed by atoms with Gasteiger partial charge in [0, 0.05) is 16.6 Å². The molecule has 0 bridgehead atoms. The number of para-hydroxylation sites is 1. The third kappa shape index (κ3) is 3.33. The SMILES string of the molecule is S=C(Nc1ccccc1)N(Cc1cccs1)C1CC1. The quantitative estimate of drug-likeness (QED) is 0.852. The van der Waals surface area contributed by atoms with Gasteiger partial charge in [-0.3, -0.25) is 0 Å². The zero-order valence-electron chi connectivity index (χ0n) is 10.6. The smallest absolute Gasteiger partial charge is 0.174 e. The van der Waals surface area contributed by atoms with Crippen molar-refractivity contribution in [3.8, 4) is 0 Å². The Morgan fingerprint density at radius 2 is 2.00 bits per heavy atom. The Bertz CT molecular complexity index is 533. The molecule has 4 heteroatoms. The second kappa shape index (κ2) is 5.72. The van der Waals surface area contributed by atoms with Gasteiger partial charge in [0.1, 0.15) is 0 Å². The summed E-state index contributed by atoms with van der Waals surface area (Å²) in [5.74, 6) is 0. The zero-order chi connectivity index (χ0) is 13.1. The van der Waals surface area contributed by atoms with Crippen molar-refractivity contribution in [3.05, 3.63) is 52.7 Å². The van der Waals surface area contributed by atoms with Crippen LogP contribution in [-0.4, -0.2) is 16.1 Å². The average Bonchev–Trinajstić information content (AvgIpc) is 3.14. The van der Waals surface area contributed by atoms with Crippen LogP contribution in [0, 0.1) is 0 Å². The van der Waals surface area contributed by atoms with Gasteiger partial charge >= 0.3 is 0 Å². The fraction of sp³-hybridized carbons (Fsp3) is 0.267. The molecule has 0 amide bonds. The van der Waals surface area contributed by atoms with Crippen molar-refractivity contribution in [2.24, 2.45) is 0 Å². The van der Waals surface area contributed by atoms with Crippen molar-refractivity contribution in [3.63, 3.8) is 0 Å². The molecule has 19 heavy (non-hydrogen) atoms. The average molecular weight is 288 g/mol. The van der Waals surface area contributed by atoms with E-state index in [0.717, 1.165) is 17.3 Å². The number of rotatable bonds is 4. The summed E-state index contributed by atoms with van der Waals surface area (Å²) < 4.78 is 0. The lowest BCUT2D eigenvalue weighted by Crippen LogP contribution is -2.35. The fourth-order valence-electron chi connectivity index (χ4n) is 2.04. The molecule has 3 rings (SSSR count). The molecule has 1 aromatic carbocycles. The van der Waals surface area contributed by atoms with E-state index in [-0.39, 0.29) is 0 Å². The first-order chi connectivity index (χ1) is 9.33. The van der Waals surface area contributed by atoms with Crippen molar-refractivity contribution < 1.29 is 0 Å². The van der Waals surface area contributed by atoms with Crippen LogP contribution in [0.3, 0.4) is 0 Å². The summed E-state index contributed by atoms with van der Waals surface area (Å²) in [7, 11) is 0. The highest BCUT2D eigenvalue weighted by molar-refractivity contribution is 7.80. The van der Waals surface area contributed by atoms with Gasteiger partial charge in [-0.05, 0) is 48.6 Å². The molecule has 98 valence electrons. The van der Waals surface area contributed by atoms with E-state index in [9.17, 15) is 0 Å². The molecule has 0 spiro atoms. The van der Waals surface area contributed by atoms with Crippen molar-refractivity contribution in [1.82, 2.24) is 4.90 Å². The van der Waals surface area contributed by atoms with Gasteiger partial charge in [-0.1, -0.05) is 24.3 Å². The van der Waals surface area contributed by atoms with Crippen molar-refractivity contribution >= 4 is 34.4 Å². The third-order valence-corrected chi connectivity index (χ3v) is 4.38. The summed E-state index contributed by atoms with van der Waals surface area (Å²) in [6.07, 6.45) is 2.50. The summed E-state index contributed by atoms with van der Waals surface area (Å²) in [6.45, 7) is 0.918. The lowest BCUT2D eigenvalue weighted by Gasteiger charge is -2.25. The second-order valence-electron chi connectivity index (χ2n) is 4.73. The van der Waals surface area contributed by atoms with Gasteiger partial charge in [0.15, 0.2) is 5.11 Å². The Morgan fingerprint density at radius 3 is 2.63 bits per heavy atom. The van der Waals surface area contributed by atoms with E-state index >= 15 is 0 Å². The maximum atomic E-state index is 5.57. The van der Waals surface area contributed by atoms with Crippen LogP contribution in [0.5, 0.6) is 0 Å². The van der Waals surface area contributed by atoms with E-state index in [2.05, 4.69) is 27.7 Å². The van der Waals surface area contributed by atoms with Gasteiger partial charge in [-0.15, -0.1) is 11.3 Å². The van der Waals surface area contributed by atoms with E-state index < -0.39 is 0 Å². The van der Waals surface area contributed by atoms with Gasteiger partial charge in [0.25, 0.3) is 0 Å². The zero-order valence-corrected chi connectivity index (χ0v) is 12.2. The molecule has 1 heterocycles. The number of hydrogen-bond acceptors (Lipinski definition) is 2. The lowest BCUT2D eigenvalue weighted by atomic mass is 10.3. The van der Waals surface area contributed by atoms with Crippen LogP contribution < -0.4 is 5.32 Å². The Hall–Kier alpha value is -1.39. The normalized spacial score (nSPS) is 14.1. The summed E-state index contributed by atoms with van der Waals surface area (Å²) in [5.41, 5.74) is 1.06. The molecule has 1 aliphatic carbocycles. The third-order valence-electron chi connectivity index (χ3n) is 3.18. The van der Waals surface area contributed by atoms with Crippen LogP contribution >= 0.6 is 23.6 Å². The predicted molar refractivity (Wildman–Crippen MR) is 85.5 cm³/mol. The van der Waals surface area contributed by atoms with Crippen LogP contribution in [0.1, 0.15) is 17.7 Å². The Kier molecular flexibility index (Phi) is 3.80. The van der Waals surface area contributed by atoms with E-state index in [4.69, 9.17) is 12.2 Å². The maximum Gasteiger partial charge on any atom is 0.174 e. The van der Waals surface area contributed by atoms with E-state index in [0.29, 0.717) is 6.04 Å². The molecule has 0 aliphatic heterocycles. The Morgan fingerprint density at radius 1 is 1.21 bits per heavy atom. The second-order valence-corrected chi connectivity index (χ2v) is 6.15. The molecule has 0 saturated heterocycles. The molecule has 0 atom stereocenters. The van der Waals surface area contributed by atoms with Gasteiger partial charge in [-0.25, -0.2) is 0 Å². The van der Waals surface area contributed by atoms with Crippen LogP contribution in [0.4, 0.5) is 5.69 Å². The highest BCUT2D eigenvalue weighted by atomic mass is 32.1. The number of nitrogens with one attached hydrogen (secondary N) is 1. The summed E-state index contributed by atoms with van der Waals surface area (Å²) in [4.78, 5) is 3.68. The summed E-state index contributed by atoms with van der Waals surface area (Å²) >= 11 is 7.36. The number of thiocarbonyl (C=S) groups is 1. The molecule has 0 radical (unpaired) electrons. The number of hydrogen-bond donors (Lipinski definition) is 1. The van der Waals surface area contributed by atoms with Crippen molar-refractivity contribution in [1.29, 1.82) is 0 Å². The van der Waals surface area contributed by atoms with E-state index in [1.54, 1.807) is 11.3 Å². The Balaban J connectivity index is 1.68. The topological polar surface area (TPSA) is 15.3 Å². The van der Waals surface area contributed by atoms with Gasteiger partial charge < -0.3 is 10.2 Å². The fourth-order valence-corrected chi connectivity index (χ4v) is 3.07. The van der Waals surface area contributed by atoms with E-state index in [1.807, 2.05) is 30.3 Å². The molecular weight excluding hydrogens is 272 g/mol. The van der Waals surface area contributed by atoms with Crippen LogP contribution in [0.15, 0.2) is 47.8 Å². The number of nitrogens with zero attached hydrogens (tertiary/aromatic N) is 1. The van der Waals surface area contributed by atoms with Gasteiger partial charge in [0.2, 0.25) is 0 Å².